The first-order chi connectivity index (χ1) is 31.7. The molecule has 10 rings (SSSR count). The van der Waals surface area contributed by atoms with Crippen LogP contribution in [0.15, 0.2) is 110 Å². The number of aryl methyl sites for hydroxylation is 3. The monoisotopic (exact) mass is 937 g/mol. The van der Waals surface area contributed by atoms with Gasteiger partial charge in [0.15, 0.2) is 0 Å². The minimum Gasteiger partial charge on any atom is -0.493 e. The van der Waals surface area contributed by atoms with Crippen molar-refractivity contribution in [3.63, 3.8) is 0 Å². The largest absolute Gasteiger partial charge is 0.493 e. The molecule has 332 valence electrons. The zero-order valence-electron chi connectivity index (χ0n) is 36.6. The first-order valence-corrected chi connectivity index (χ1v) is 22.4. The number of benzene rings is 2. The number of rotatable bonds is 9. The Morgan fingerprint density at radius 3 is 1.80 bits per heavy atom. The highest BCUT2D eigenvalue weighted by Crippen LogP contribution is 2.40. The van der Waals surface area contributed by atoms with Crippen LogP contribution in [0.1, 0.15) is 36.2 Å². The molecule has 15 nitrogen and oxygen atoms in total. The minimum atomic E-state index is -0.225. The van der Waals surface area contributed by atoms with Gasteiger partial charge in [0, 0.05) is 82.7 Å². The Morgan fingerprint density at radius 2 is 1.23 bits per heavy atom. The lowest BCUT2D eigenvalue weighted by molar-refractivity contribution is -0.141. The summed E-state index contributed by atoms with van der Waals surface area (Å²) in [5, 5.41) is 0.680. The molecule has 0 atom stereocenters. The Morgan fingerprint density at radius 1 is 0.662 bits per heavy atom. The van der Waals surface area contributed by atoms with E-state index in [0.29, 0.717) is 49.4 Å². The number of nitrogens with zero attached hydrogens (tertiary/aromatic N) is 9. The Kier molecular flexibility index (Phi) is 14.0. The third-order valence-corrected chi connectivity index (χ3v) is 11.3. The van der Waals surface area contributed by atoms with Crippen molar-refractivity contribution in [1.82, 2.24) is 38.7 Å². The van der Waals surface area contributed by atoms with Gasteiger partial charge in [-0.3, -0.25) is 28.4 Å². The topological polar surface area (TPSA) is 160 Å². The van der Waals surface area contributed by atoms with Gasteiger partial charge in [0.2, 0.25) is 11.6 Å². The van der Waals surface area contributed by atoms with Gasteiger partial charge in [0.1, 0.15) is 18.1 Å². The van der Waals surface area contributed by atoms with Crippen LogP contribution in [0.3, 0.4) is 0 Å². The Bertz CT molecular complexity index is 2970. The summed E-state index contributed by atoms with van der Waals surface area (Å²) in [5.41, 5.74) is 12.0. The van der Waals surface area contributed by atoms with Gasteiger partial charge in [-0.1, -0.05) is 15.9 Å². The van der Waals surface area contributed by atoms with Crippen molar-refractivity contribution in [3.8, 4) is 56.5 Å². The highest BCUT2D eigenvalue weighted by atomic mass is 79.9. The van der Waals surface area contributed by atoms with E-state index in [1.807, 2.05) is 79.3 Å². The summed E-state index contributed by atoms with van der Waals surface area (Å²) in [6.45, 7) is 6.61. The molecule has 0 fully saturated rings. The van der Waals surface area contributed by atoms with Crippen molar-refractivity contribution in [2.24, 2.45) is 0 Å². The Labute approximate surface area is 384 Å². The lowest BCUT2D eigenvalue weighted by Crippen LogP contribution is -2.34. The van der Waals surface area contributed by atoms with E-state index in [2.05, 4.69) is 80.2 Å². The van der Waals surface area contributed by atoms with Crippen molar-refractivity contribution < 1.29 is 28.5 Å². The fourth-order valence-electron chi connectivity index (χ4n) is 7.78. The van der Waals surface area contributed by atoms with E-state index >= 15 is 0 Å². The lowest BCUT2D eigenvalue weighted by atomic mass is 9.99. The van der Waals surface area contributed by atoms with Crippen molar-refractivity contribution in [2.75, 3.05) is 50.8 Å². The third kappa shape index (κ3) is 10.1. The second-order valence-corrected chi connectivity index (χ2v) is 16.0. The quantitative estimate of drug-likeness (QED) is 0.100. The highest BCUT2D eigenvalue weighted by Gasteiger charge is 2.24. The maximum atomic E-state index is 11.7. The molecular weight excluding hydrogens is 890 g/mol. The predicted octanol–water partition coefficient (Wildman–Crippen LogP) is 8.56. The Hall–Kier alpha value is -7.20. The van der Waals surface area contributed by atoms with E-state index in [-0.39, 0.29) is 11.9 Å². The second kappa shape index (κ2) is 20.5. The summed E-state index contributed by atoms with van der Waals surface area (Å²) >= 11 is 3.09. The molecule has 8 aromatic rings. The molecule has 0 radical (unpaired) electrons. The Balaban J connectivity index is 0.000000157. The first kappa shape index (κ1) is 44.4. The number of fused-ring (bicyclic) bond motifs is 4. The second-order valence-electron chi connectivity index (χ2n) is 15.2. The molecule has 0 bridgehead atoms. The van der Waals surface area contributed by atoms with Crippen molar-refractivity contribution >= 4 is 45.1 Å². The predicted molar refractivity (Wildman–Crippen MR) is 251 cm³/mol. The van der Waals surface area contributed by atoms with E-state index in [4.69, 9.17) is 24.2 Å². The van der Waals surface area contributed by atoms with Crippen molar-refractivity contribution in [2.45, 2.75) is 39.5 Å². The first-order valence-electron chi connectivity index (χ1n) is 21.2. The van der Waals surface area contributed by atoms with Crippen LogP contribution in [0.5, 0.6) is 11.5 Å². The summed E-state index contributed by atoms with van der Waals surface area (Å²) in [7, 11) is 2.79. The number of methoxy groups -OCH3 is 2. The molecule has 2 aromatic carbocycles. The maximum absolute atomic E-state index is 11.7. The molecule has 0 saturated carbocycles. The SMILES string of the molecule is COC(=O)CCBr.COC(=O)CCN1CCOc2ccc(-c3c(-c4ccnc(C)c4)nc4ncccn34)cc21.Cc1cc(-c2nc3ncccn3c2-c2ccc3c(c2)CCCO3)ccn1. The fourth-order valence-corrected chi connectivity index (χ4v) is 8.11. The molecule has 0 saturated heterocycles. The van der Waals surface area contributed by atoms with Gasteiger partial charge in [-0.2, -0.15) is 0 Å². The average molecular weight is 939 g/mol. The van der Waals surface area contributed by atoms with Gasteiger partial charge >= 0.3 is 11.9 Å². The van der Waals surface area contributed by atoms with Gasteiger partial charge in [-0.05, 0) is 105 Å². The summed E-state index contributed by atoms with van der Waals surface area (Å²) in [5.74, 6) is 2.73. The summed E-state index contributed by atoms with van der Waals surface area (Å²) in [6.07, 6.45) is 14.0. The molecule has 0 N–H and O–H groups in total. The molecule has 2 aliphatic heterocycles. The minimum absolute atomic E-state index is 0.170. The lowest BCUT2D eigenvalue weighted by Gasteiger charge is -2.31. The summed E-state index contributed by atoms with van der Waals surface area (Å²) in [6, 6.07) is 24.4. The van der Waals surface area contributed by atoms with Gasteiger partial charge in [0.05, 0.1) is 68.7 Å². The molecule has 6 aromatic heterocycles. The molecule has 2 aliphatic rings. The highest BCUT2D eigenvalue weighted by molar-refractivity contribution is 9.09. The van der Waals surface area contributed by atoms with Gasteiger partial charge in [-0.15, -0.1) is 0 Å². The standard InChI is InChI=1S/C24H23N5O3.C21H18N4O.C4H7BrO2/c1-16-14-17(6-9-25-16)22-23(29-10-3-8-26-24(29)27-22)18-4-5-20-19(15-18)28(12-13-32-20)11-7-21(30)31-2;1-14-12-16(7-9-22-14)19-20(25-10-3-8-23-21(25)24-19)17-5-6-18-15(13-17)4-2-11-26-18;1-7-4(6)2-3-5/h3-6,8-10,14-15H,7,11-13H2,1-2H3;3,5-10,12-13H,2,4,11H2,1H3;2-3H2,1H3. The number of carbonyl (C=O) groups excluding carboxylic acids is 2. The molecule has 65 heavy (non-hydrogen) atoms. The molecule has 0 spiro atoms. The molecular formula is C49H48BrN9O6. The number of anilines is 1. The number of hydrogen-bond donors (Lipinski definition) is 0. The summed E-state index contributed by atoms with van der Waals surface area (Å²) in [4.78, 5) is 51.2. The number of pyridine rings is 2. The van der Waals surface area contributed by atoms with Crippen molar-refractivity contribution in [1.29, 1.82) is 0 Å². The third-order valence-electron chi connectivity index (χ3n) is 10.9. The van der Waals surface area contributed by atoms with Crippen LogP contribution >= 0.6 is 15.9 Å². The van der Waals surface area contributed by atoms with E-state index in [9.17, 15) is 9.59 Å². The van der Waals surface area contributed by atoms with Crippen LogP contribution in [-0.4, -0.2) is 96.5 Å². The zero-order valence-corrected chi connectivity index (χ0v) is 38.2. The maximum Gasteiger partial charge on any atom is 0.307 e. The van der Waals surface area contributed by atoms with E-state index in [1.165, 1.54) is 19.8 Å². The van der Waals surface area contributed by atoms with Gasteiger partial charge in [-0.25, -0.2) is 19.9 Å². The zero-order chi connectivity index (χ0) is 45.3. The number of halogens is 1. The van der Waals surface area contributed by atoms with Crippen LogP contribution in [0, 0.1) is 13.8 Å². The number of imidazole rings is 2. The van der Waals surface area contributed by atoms with Crippen LogP contribution in [0.2, 0.25) is 0 Å². The van der Waals surface area contributed by atoms with Crippen LogP contribution in [0.25, 0.3) is 56.6 Å². The smallest absolute Gasteiger partial charge is 0.307 e. The normalized spacial score (nSPS) is 12.7. The molecule has 0 unspecified atom stereocenters. The number of esters is 2. The number of hydrogen-bond acceptors (Lipinski definition) is 13. The van der Waals surface area contributed by atoms with Crippen LogP contribution in [0.4, 0.5) is 5.69 Å². The van der Waals surface area contributed by atoms with Gasteiger partial charge < -0.3 is 23.8 Å². The van der Waals surface area contributed by atoms with Crippen molar-refractivity contribution in [3.05, 3.63) is 127 Å². The average Bonchev–Trinajstić information content (AvgIpc) is 3.93. The molecule has 16 heteroatoms. The van der Waals surface area contributed by atoms with Crippen LogP contribution < -0.4 is 14.4 Å². The number of ether oxygens (including phenoxy) is 4. The number of carbonyl (C=O) groups is 2. The molecule has 0 amide bonds. The van der Waals surface area contributed by atoms with Crippen LogP contribution in [-0.2, 0) is 25.5 Å². The van der Waals surface area contributed by atoms with E-state index in [0.717, 1.165) is 93.1 Å². The van der Waals surface area contributed by atoms with Gasteiger partial charge in [0.25, 0.3) is 0 Å². The van der Waals surface area contributed by atoms with E-state index in [1.54, 1.807) is 18.6 Å². The molecule has 8 heterocycles. The molecule has 0 aliphatic carbocycles. The summed E-state index contributed by atoms with van der Waals surface area (Å²) < 4.78 is 24.8. The van der Waals surface area contributed by atoms with E-state index < -0.39 is 0 Å². The fraction of sp³-hybridized carbons (Fsp3) is 0.265. The number of alkyl halides is 1. The number of aromatic nitrogens is 8.